The smallest absolute Gasteiger partial charge is 0.336 e. The summed E-state index contributed by atoms with van der Waals surface area (Å²) in [5, 5.41) is 3.44. The van der Waals surface area contributed by atoms with Gasteiger partial charge in [-0.15, -0.1) is 0 Å². The summed E-state index contributed by atoms with van der Waals surface area (Å²) in [6.07, 6.45) is 17.5. The molecule has 0 spiro atoms. The van der Waals surface area contributed by atoms with Gasteiger partial charge in [-0.1, -0.05) is 102 Å². The van der Waals surface area contributed by atoms with E-state index in [1.165, 1.54) is 70.6 Å². The van der Waals surface area contributed by atoms with Crippen LogP contribution in [0, 0.1) is 11.7 Å². The minimum Gasteiger partial charge on any atom is -0.494 e. The first-order valence-corrected chi connectivity index (χ1v) is 20.6. The number of ether oxygens (including phenoxy) is 3. The average molecular weight is 746 g/mol. The summed E-state index contributed by atoms with van der Waals surface area (Å²) in [6.45, 7) is 12.8. The number of carbonyl (C=O) groups excluding carboxylic acids is 2. The van der Waals surface area contributed by atoms with Gasteiger partial charge in [0.1, 0.15) is 5.75 Å². The first-order chi connectivity index (χ1) is 25.7. The number of unbranched alkanes of at least 4 members (excludes halogenated alkanes) is 12. The van der Waals surface area contributed by atoms with Crippen molar-refractivity contribution in [3.05, 3.63) is 80.4 Å². The van der Waals surface area contributed by atoms with Crippen molar-refractivity contribution in [3.8, 4) is 5.75 Å². The first-order valence-electron chi connectivity index (χ1n) is 20.2. The van der Waals surface area contributed by atoms with Gasteiger partial charge >= 0.3 is 11.9 Å². The molecule has 1 atom stereocenters. The van der Waals surface area contributed by atoms with Crippen molar-refractivity contribution >= 4 is 35.2 Å². The Bertz CT molecular complexity index is 1780. The van der Waals surface area contributed by atoms with Crippen molar-refractivity contribution in [2.75, 3.05) is 19.8 Å². The molecule has 0 amide bonds. The highest BCUT2D eigenvalue weighted by Gasteiger charge is 2.41. The molecule has 0 bridgehead atoms. The van der Waals surface area contributed by atoms with Crippen LogP contribution in [-0.2, 0) is 32.0 Å². The van der Waals surface area contributed by atoms with Gasteiger partial charge in [-0.3, -0.25) is 0 Å². The molecule has 0 radical (unpaired) electrons. The summed E-state index contributed by atoms with van der Waals surface area (Å²) in [7, 11) is 0. The largest absolute Gasteiger partial charge is 0.494 e. The van der Waals surface area contributed by atoms with Gasteiger partial charge in [0.2, 0.25) is 0 Å². The van der Waals surface area contributed by atoms with E-state index in [2.05, 4.69) is 29.4 Å². The summed E-state index contributed by atoms with van der Waals surface area (Å²) in [5.74, 6) is -1.08. The Morgan fingerprint density at radius 3 is 1.96 bits per heavy atom. The first kappa shape index (κ1) is 41.9. The lowest BCUT2D eigenvalue weighted by Gasteiger charge is -2.33. The van der Waals surface area contributed by atoms with Crippen LogP contribution in [0.2, 0.25) is 0 Å². The molecule has 0 aliphatic carbocycles. The normalized spacial score (nSPS) is 14.5. The number of aromatic nitrogens is 2. The van der Waals surface area contributed by atoms with Gasteiger partial charge in [0.25, 0.3) is 0 Å². The molecule has 1 aromatic heterocycles. The van der Waals surface area contributed by atoms with E-state index in [-0.39, 0.29) is 19.8 Å². The maximum absolute atomic E-state index is 14.2. The maximum Gasteiger partial charge on any atom is 0.336 e. The lowest BCUT2D eigenvalue weighted by Crippen LogP contribution is -2.35. The van der Waals surface area contributed by atoms with Crippen molar-refractivity contribution in [1.29, 1.82) is 0 Å². The van der Waals surface area contributed by atoms with Crippen molar-refractivity contribution in [1.82, 2.24) is 14.9 Å². The molecule has 0 fully saturated rings. The summed E-state index contributed by atoms with van der Waals surface area (Å²) >= 11 is 5.80. The summed E-state index contributed by atoms with van der Waals surface area (Å²) in [4.78, 5) is 31.5. The number of aryl methyl sites for hydroxylation is 2. The zero-order chi connectivity index (χ0) is 38.2. The highest BCUT2D eigenvalue weighted by atomic mass is 32.1. The van der Waals surface area contributed by atoms with Gasteiger partial charge in [0.05, 0.1) is 54.5 Å². The maximum atomic E-state index is 14.2. The monoisotopic (exact) mass is 745 g/mol. The Morgan fingerprint density at radius 1 is 0.755 bits per heavy atom. The Morgan fingerprint density at radius 2 is 1.36 bits per heavy atom. The topological polar surface area (TPSA) is 94.6 Å². The van der Waals surface area contributed by atoms with Gasteiger partial charge in [-0.25, -0.2) is 9.59 Å². The Labute approximate surface area is 322 Å². The SMILES string of the molecule is CCCCCCCCCCCCCCCc1cccc(OCC)c1C1C(C(=O)OCC)=C(C)NC(Cn2c(=S)[nH]c3cc(C)ccc32)=C1C(=O)OCC. The van der Waals surface area contributed by atoms with E-state index in [1.807, 2.05) is 49.6 Å². The molecule has 0 saturated carbocycles. The number of carbonyl (C=O) groups is 2. The number of fused-ring (bicyclic) bond motifs is 1. The number of hydrogen-bond acceptors (Lipinski definition) is 7. The number of imidazole rings is 1. The lowest BCUT2D eigenvalue weighted by atomic mass is 9.77. The number of H-pyrrole nitrogens is 1. The van der Waals surface area contributed by atoms with Crippen molar-refractivity contribution in [2.24, 2.45) is 0 Å². The molecule has 1 unspecified atom stereocenters. The second-order valence-corrected chi connectivity index (χ2v) is 14.6. The molecule has 53 heavy (non-hydrogen) atoms. The van der Waals surface area contributed by atoms with Crippen LogP contribution in [0.1, 0.15) is 141 Å². The van der Waals surface area contributed by atoms with Crippen LogP contribution < -0.4 is 10.1 Å². The molecular weight excluding hydrogens is 683 g/mol. The van der Waals surface area contributed by atoms with Gasteiger partial charge in [0, 0.05) is 17.0 Å². The molecule has 1 aliphatic rings. The minimum atomic E-state index is -0.773. The van der Waals surface area contributed by atoms with Crippen LogP contribution in [0.3, 0.4) is 0 Å². The number of aromatic amines is 1. The molecule has 9 heteroatoms. The number of benzene rings is 2. The van der Waals surface area contributed by atoms with Crippen LogP contribution in [0.25, 0.3) is 11.0 Å². The number of hydrogen-bond donors (Lipinski definition) is 2. The molecule has 8 nitrogen and oxygen atoms in total. The Hall–Kier alpha value is -3.85. The second-order valence-electron chi connectivity index (χ2n) is 14.2. The molecule has 290 valence electrons. The third kappa shape index (κ3) is 11.3. The molecular formula is C44H63N3O5S. The fraction of sp³-hybridized carbons (Fsp3) is 0.568. The second kappa shape index (κ2) is 21.8. The van der Waals surface area contributed by atoms with E-state index in [0.29, 0.717) is 39.7 Å². The van der Waals surface area contributed by atoms with Gasteiger partial charge in [0.15, 0.2) is 4.77 Å². The number of allylic oxidation sites excluding steroid dienone is 2. The van der Waals surface area contributed by atoms with E-state index >= 15 is 0 Å². The standard InChI is InChI=1S/C44H63N3O5S/c1-7-11-12-13-14-15-16-17-18-19-20-21-22-24-33-25-23-26-37(50-8-2)39(33)41-38(42(48)51-9-3)32(6)45-35(40(41)43(49)52-10-4)30-47-36-28-27-31(5)29-34(36)46-44(47)53/h23,25-29,41,45H,7-22,24,30H2,1-6H3,(H,46,53). The van der Waals surface area contributed by atoms with Crippen LogP contribution in [0.15, 0.2) is 58.9 Å². The molecule has 0 saturated heterocycles. The number of rotatable bonds is 23. The third-order valence-corrected chi connectivity index (χ3v) is 10.5. The summed E-state index contributed by atoms with van der Waals surface area (Å²) < 4.78 is 20.2. The fourth-order valence-electron chi connectivity index (χ4n) is 7.58. The predicted octanol–water partition coefficient (Wildman–Crippen LogP) is 11.1. The van der Waals surface area contributed by atoms with Gasteiger partial charge < -0.3 is 29.1 Å². The van der Waals surface area contributed by atoms with Crippen molar-refractivity contribution < 1.29 is 23.8 Å². The van der Waals surface area contributed by atoms with Crippen molar-refractivity contribution in [2.45, 2.75) is 144 Å². The van der Waals surface area contributed by atoms with E-state index in [4.69, 9.17) is 26.4 Å². The summed E-state index contributed by atoms with van der Waals surface area (Å²) in [5.41, 5.74) is 6.82. The van der Waals surface area contributed by atoms with Gasteiger partial charge in [-0.05, 0) is 89.0 Å². The van der Waals surface area contributed by atoms with E-state index in [0.717, 1.165) is 47.0 Å². The summed E-state index contributed by atoms with van der Waals surface area (Å²) in [6, 6.07) is 12.2. The zero-order valence-electron chi connectivity index (χ0n) is 33.2. The molecule has 2 heterocycles. The quantitative estimate of drug-likeness (QED) is 0.0567. The Kier molecular flexibility index (Phi) is 17.2. The molecule has 3 aromatic rings. The highest BCUT2D eigenvalue weighted by Crippen LogP contribution is 2.45. The molecule has 2 N–H and O–H groups in total. The van der Waals surface area contributed by atoms with Crippen LogP contribution in [-0.4, -0.2) is 41.3 Å². The molecule has 2 aromatic carbocycles. The van der Waals surface area contributed by atoms with E-state index in [9.17, 15) is 9.59 Å². The fourth-order valence-corrected chi connectivity index (χ4v) is 7.85. The van der Waals surface area contributed by atoms with Crippen LogP contribution in [0.4, 0.5) is 0 Å². The lowest BCUT2D eigenvalue weighted by molar-refractivity contribution is -0.139. The average Bonchev–Trinajstić information content (AvgIpc) is 3.43. The predicted molar refractivity (Wildman–Crippen MR) is 218 cm³/mol. The zero-order valence-corrected chi connectivity index (χ0v) is 34.0. The third-order valence-electron chi connectivity index (χ3n) is 10.2. The van der Waals surface area contributed by atoms with E-state index in [1.54, 1.807) is 13.8 Å². The number of esters is 2. The van der Waals surface area contributed by atoms with Crippen LogP contribution >= 0.6 is 12.2 Å². The number of dihydropyridines is 1. The molecule has 4 rings (SSSR count). The Balaban J connectivity index is 1.66. The minimum absolute atomic E-state index is 0.185. The molecule has 1 aliphatic heterocycles. The van der Waals surface area contributed by atoms with Crippen molar-refractivity contribution in [3.63, 3.8) is 0 Å². The number of nitrogens with zero attached hydrogens (tertiary/aromatic N) is 1. The van der Waals surface area contributed by atoms with Crippen LogP contribution in [0.5, 0.6) is 5.75 Å². The van der Waals surface area contributed by atoms with E-state index < -0.39 is 17.9 Å². The highest BCUT2D eigenvalue weighted by molar-refractivity contribution is 7.71. The number of nitrogens with one attached hydrogen (secondary N) is 2. The van der Waals surface area contributed by atoms with Gasteiger partial charge in [-0.2, -0.15) is 0 Å².